The molecule has 3 amide bonds. The Morgan fingerprint density at radius 2 is 1.54 bits per heavy atom. The fourth-order valence-corrected chi connectivity index (χ4v) is 6.33. The Morgan fingerprint density at radius 1 is 0.938 bits per heavy atom. The predicted molar refractivity (Wildman–Crippen MR) is 171 cm³/mol. The second-order valence-corrected chi connectivity index (χ2v) is 12.0. The normalized spacial score (nSPS) is 17.4. The highest BCUT2D eigenvalue weighted by Crippen LogP contribution is 2.44. The fourth-order valence-electron chi connectivity index (χ4n) is 6.33. The lowest BCUT2D eigenvalue weighted by Gasteiger charge is -2.38. The van der Waals surface area contributed by atoms with E-state index >= 15 is 0 Å². The smallest absolute Gasteiger partial charge is 0.416 e. The van der Waals surface area contributed by atoms with Crippen molar-refractivity contribution in [3.8, 4) is 11.1 Å². The third kappa shape index (κ3) is 7.37. The third-order valence-corrected chi connectivity index (χ3v) is 8.84. The number of carboxylic acid groups (broad SMARTS) is 1. The van der Waals surface area contributed by atoms with E-state index in [2.05, 4.69) is 0 Å². The van der Waals surface area contributed by atoms with Gasteiger partial charge in [-0.1, -0.05) is 72.8 Å². The van der Waals surface area contributed by atoms with Crippen molar-refractivity contribution >= 4 is 23.9 Å². The summed E-state index contributed by atoms with van der Waals surface area (Å²) in [6.07, 6.45) is -1.38. The maximum absolute atomic E-state index is 14.2. The minimum absolute atomic E-state index is 0.0344. The molecule has 0 aromatic heterocycles. The van der Waals surface area contributed by atoms with Gasteiger partial charge < -0.3 is 19.6 Å². The monoisotopic (exact) mass is 663 g/mol. The van der Waals surface area contributed by atoms with Gasteiger partial charge in [-0.25, -0.2) is 4.79 Å². The van der Waals surface area contributed by atoms with Crippen LogP contribution in [0.15, 0.2) is 84.9 Å². The Morgan fingerprint density at radius 3 is 2.12 bits per heavy atom. The zero-order chi connectivity index (χ0) is 34.6. The standard InChI is InChI=1S/C36H36F3N3O6/c1-40(21-32(43)44)33(45)31(20-23-15-17-24(18-16-23)36(37,38)39)42-19-9-3-4-14-30(34(42)46)41(2)35(47)48-22-29-27-12-7-5-10-25(27)26-11-6-8-13-28(26)29/h3-8,10-13,15-18,29-31H,9,14,19-22H2,1-2H3,(H,43,44)/b4-3-/t30-,31-/m0/s1. The van der Waals surface area contributed by atoms with Crippen LogP contribution in [0.3, 0.4) is 0 Å². The number of hydrogen-bond donors (Lipinski definition) is 1. The quantitative estimate of drug-likeness (QED) is 0.300. The molecule has 1 aliphatic carbocycles. The average Bonchev–Trinajstić information content (AvgIpc) is 3.37. The number of hydrogen-bond acceptors (Lipinski definition) is 5. The molecule has 2 aliphatic rings. The van der Waals surface area contributed by atoms with Crippen LogP contribution in [-0.2, 0) is 31.7 Å². The fraction of sp³-hybridized carbons (Fsp3) is 0.333. The summed E-state index contributed by atoms with van der Waals surface area (Å²) in [6, 6.07) is 17.7. The summed E-state index contributed by atoms with van der Waals surface area (Å²) in [5.74, 6) is -2.73. The van der Waals surface area contributed by atoms with Gasteiger partial charge in [0.05, 0.1) is 5.56 Å². The summed E-state index contributed by atoms with van der Waals surface area (Å²) in [7, 11) is 2.73. The van der Waals surface area contributed by atoms with Gasteiger partial charge in [0.1, 0.15) is 25.2 Å². The van der Waals surface area contributed by atoms with Crippen LogP contribution < -0.4 is 0 Å². The minimum Gasteiger partial charge on any atom is -0.480 e. The van der Waals surface area contributed by atoms with E-state index in [0.717, 1.165) is 39.3 Å². The molecule has 0 bridgehead atoms. The lowest BCUT2D eigenvalue weighted by Crippen LogP contribution is -2.57. The first-order chi connectivity index (χ1) is 22.9. The number of benzene rings is 3. The molecule has 12 heteroatoms. The van der Waals surface area contributed by atoms with Crippen LogP contribution in [-0.4, -0.2) is 89.6 Å². The van der Waals surface area contributed by atoms with Gasteiger partial charge in [0.2, 0.25) is 11.8 Å². The first kappa shape index (κ1) is 34.2. The van der Waals surface area contributed by atoms with Crippen molar-refractivity contribution in [2.45, 2.75) is 43.4 Å². The topological polar surface area (TPSA) is 107 Å². The number of carbonyl (C=O) groups is 4. The number of carboxylic acids is 1. The second kappa shape index (κ2) is 14.3. The summed E-state index contributed by atoms with van der Waals surface area (Å²) in [5.41, 5.74) is 3.66. The number of likely N-dealkylation sites (N-methyl/N-ethyl adjacent to an activating group) is 2. The van der Waals surface area contributed by atoms with Crippen molar-refractivity contribution in [1.29, 1.82) is 0 Å². The number of halogens is 3. The van der Waals surface area contributed by atoms with Crippen LogP contribution in [0, 0.1) is 0 Å². The van der Waals surface area contributed by atoms with E-state index < -0.39 is 54.2 Å². The molecule has 0 saturated heterocycles. The summed E-state index contributed by atoms with van der Waals surface area (Å²) >= 11 is 0. The van der Waals surface area contributed by atoms with Gasteiger partial charge >= 0.3 is 18.2 Å². The molecule has 48 heavy (non-hydrogen) atoms. The van der Waals surface area contributed by atoms with E-state index in [1.165, 1.54) is 36.0 Å². The molecule has 2 atom stereocenters. The largest absolute Gasteiger partial charge is 0.480 e. The molecule has 0 radical (unpaired) electrons. The number of ether oxygens (including phenoxy) is 1. The molecular formula is C36H36F3N3O6. The number of rotatable bonds is 9. The predicted octanol–water partition coefficient (Wildman–Crippen LogP) is 5.59. The maximum atomic E-state index is 14.2. The van der Waals surface area contributed by atoms with Crippen LogP contribution in [0.2, 0.25) is 0 Å². The zero-order valence-corrected chi connectivity index (χ0v) is 26.5. The first-order valence-electron chi connectivity index (χ1n) is 15.5. The Balaban J connectivity index is 1.37. The third-order valence-electron chi connectivity index (χ3n) is 8.84. The van der Waals surface area contributed by atoms with Crippen LogP contribution in [0.1, 0.15) is 41.0 Å². The van der Waals surface area contributed by atoms with Gasteiger partial charge in [0, 0.05) is 33.0 Å². The average molecular weight is 664 g/mol. The van der Waals surface area contributed by atoms with Crippen molar-refractivity contribution in [2.75, 3.05) is 33.8 Å². The van der Waals surface area contributed by atoms with Crippen LogP contribution in [0.25, 0.3) is 11.1 Å². The molecule has 9 nitrogen and oxygen atoms in total. The van der Waals surface area contributed by atoms with Crippen molar-refractivity contribution in [2.24, 2.45) is 0 Å². The molecule has 252 valence electrons. The Labute approximate surface area is 276 Å². The molecule has 0 fully saturated rings. The van der Waals surface area contributed by atoms with Crippen molar-refractivity contribution in [1.82, 2.24) is 14.7 Å². The van der Waals surface area contributed by atoms with Crippen molar-refractivity contribution in [3.05, 3.63) is 107 Å². The summed E-state index contributed by atoms with van der Waals surface area (Å²) in [4.78, 5) is 56.2. The highest BCUT2D eigenvalue weighted by atomic mass is 19.4. The molecular weight excluding hydrogens is 627 g/mol. The Bertz CT molecular complexity index is 1660. The molecule has 1 N–H and O–H groups in total. The molecule has 3 aromatic rings. The Kier molecular flexibility index (Phi) is 10.2. The lowest BCUT2D eigenvalue weighted by molar-refractivity contribution is -0.150. The number of amides is 3. The minimum atomic E-state index is -4.56. The van der Waals surface area contributed by atoms with E-state index in [4.69, 9.17) is 4.74 Å². The molecule has 5 rings (SSSR count). The second-order valence-electron chi connectivity index (χ2n) is 12.0. The van der Waals surface area contributed by atoms with Crippen molar-refractivity contribution < 1.29 is 42.2 Å². The van der Waals surface area contributed by atoms with Crippen LogP contribution in [0.5, 0.6) is 0 Å². The molecule has 0 spiro atoms. The maximum Gasteiger partial charge on any atom is 0.416 e. The number of nitrogens with zero attached hydrogens (tertiary/aromatic N) is 3. The molecule has 3 aromatic carbocycles. The molecule has 0 unspecified atom stereocenters. The van der Waals surface area contributed by atoms with Gasteiger partial charge in [-0.05, 0) is 52.8 Å². The van der Waals surface area contributed by atoms with Crippen LogP contribution >= 0.6 is 0 Å². The highest BCUT2D eigenvalue weighted by Gasteiger charge is 2.39. The zero-order valence-electron chi connectivity index (χ0n) is 26.5. The SMILES string of the molecule is CN(CC(=O)O)C(=O)[C@H](Cc1ccc(C(F)(F)F)cc1)N1CC/C=C\C[C@H](N(C)C(=O)OCC2c3ccccc3-c3ccccc32)C1=O. The van der Waals surface area contributed by atoms with E-state index in [0.29, 0.717) is 12.0 Å². The van der Waals surface area contributed by atoms with E-state index in [-0.39, 0.29) is 31.9 Å². The summed E-state index contributed by atoms with van der Waals surface area (Å²) in [5, 5.41) is 9.32. The first-order valence-corrected chi connectivity index (χ1v) is 15.5. The van der Waals surface area contributed by atoms with E-state index in [9.17, 15) is 37.5 Å². The van der Waals surface area contributed by atoms with E-state index in [1.807, 2.05) is 54.6 Å². The Hall–Kier alpha value is -5.13. The molecule has 1 heterocycles. The van der Waals surface area contributed by atoms with E-state index in [1.54, 1.807) is 6.08 Å². The number of carbonyl (C=O) groups excluding carboxylic acids is 3. The molecule has 0 saturated carbocycles. The van der Waals surface area contributed by atoms with Gasteiger partial charge in [0.25, 0.3) is 0 Å². The lowest BCUT2D eigenvalue weighted by atomic mass is 9.98. The van der Waals surface area contributed by atoms with Gasteiger partial charge in [-0.3, -0.25) is 19.3 Å². The summed E-state index contributed by atoms with van der Waals surface area (Å²) < 4.78 is 45.4. The highest BCUT2D eigenvalue weighted by molar-refractivity contribution is 5.92. The van der Waals surface area contributed by atoms with Crippen molar-refractivity contribution in [3.63, 3.8) is 0 Å². The van der Waals surface area contributed by atoms with Gasteiger partial charge in [0.15, 0.2) is 0 Å². The molecule has 1 aliphatic heterocycles. The van der Waals surface area contributed by atoms with Crippen LogP contribution in [0.4, 0.5) is 18.0 Å². The number of alkyl halides is 3. The summed E-state index contributed by atoms with van der Waals surface area (Å²) in [6.45, 7) is -0.553. The van der Waals surface area contributed by atoms with Gasteiger partial charge in [-0.2, -0.15) is 13.2 Å². The van der Waals surface area contributed by atoms with Gasteiger partial charge in [-0.15, -0.1) is 0 Å². The number of aliphatic carboxylic acids is 1. The number of fused-ring (bicyclic) bond motifs is 3.